The van der Waals surface area contributed by atoms with E-state index < -0.39 is 5.54 Å². The molecule has 1 unspecified atom stereocenters. The van der Waals surface area contributed by atoms with Gasteiger partial charge < -0.3 is 14.4 Å². The van der Waals surface area contributed by atoms with E-state index in [0.29, 0.717) is 13.2 Å². The second-order valence-electron chi connectivity index (χ2n) is 4.84. The van der Waals surface area contributed by atoms with Crippen molar-refractivity contribution in [2.24, 2.45) is 4.99 Å². The molecule has 1 atom stereocenters. The van der Waals surface area contributed by atoms with Crippen molar-refractivity contribution < 1.29 is 9.53 Å². The molecule has 0 amide bonds. The molecule has 2 aliphatic rings. The summed E-state index contributed by atoms with van der Waals surface area (Å²) in [6.07, 6.45) is 0.942. The van der Waals surface area contributed by atoms with E-state index in [4.69, 9.17) is 4.74 Å². The van der Waals surface area contributed by atoms with E-state index in [-0.39, 0.29) is 0 Å². The number of benzene rings is 1. The highest BCUT2D eigenvalue weighted by molar-refractivity contribution is 5.82. The van der Waals surface area contributed by atoms with Gasteiger partial charge in [-0.1, -0.05) is 18.2 Å². The molecular formula is C14H16N2O2. The monoisotopic (exact) mass is 244 g/mol. The normalized spacial score (nSPS) is 26.7. The number of carbonyl (C=O) groups is 1. The molecule has 0 saturated carbocycles. The summed E-state index contributed by atoms with van der Waals surface area (Å²) in [5, 5.41) is 1.99. The largest absolute Gasteiger partial charge is 0.378 e. The Morgan fingerprint density at radius 2 is 2.06 bits per heavy atom. The molecule has 0 bridgehead atoms. The van der Waals surface area contributed by atoms with Gasteiger partial charge in [0.1, 0.15) is 0 Å². The van der Waals surface area contributed by atoms with Crippen molar-refractivity contribution in [2.45, 2.75) is 12.5 Å². The van der Waals surface area contributed by atoms with Crippen LogP contribution in [0.2, 0.25) is 0 Å². The number of nitrogens with zero attached hydrogens (tertiary/aromatic N) is 2. The second kappa shape index (κ2) is 4.21. The number of morpholine rings is 1. The Hall–Kier alpha value is -1.68. The zero-order chi connectivity index (χ0) is 12.6. The molecule has 2 aliphatic heterocycles. The van der Waals surface area contributed by atoms with E-state index >= 15 is 0 Å². The quantitative estimate of drug-likeness (QED) is 0.672. The van der Waals surface area contributed by atoms with Gasteiger partial charge in [0.25, 0.3) is 0 Å². The van der Waals surface area contributed by atoms with E-state index in [9.17, 15) is 4.79 Å². The average Bonchev–Trinajstić information content (AvgIpc) is 2.72. The van der Waals surface area contributed by atoms with E-state index in [1.165, 1.54) is 0 Å². The van der Waals surface area contributed by atoms with Gasteiger partial charge in [-0.2, -0.15) is 0 Å². The van der Waals surface area contributed by atoms with Crippen molar-refractivity contribution in [3.63, 3.8) is 0 Å². The number of aldehydes is 1. The molecule has 0 N–H and O–H groups in total. The van der Waals surface area contributed by atoms with Crippen molar-refractivity contribution in [1.82, 2.24) is 4.90 Å². The van der Waals surface area contributed by atoms with E-state index in [2.05, 4.69) is 9.89 Å². The number of ether oxygens (including phenoxy) is 1. The molecule has 18 heavy (non-hydrogen) atoms. The lowest BCUT2D eigenvalue weighted by Gasteiger charge is -2.34. The summed E-state index contributed by atoms with van der Waals surface area (Å²) in [5.41, 5.74) is 0.275. The molecule has 1 aromatic rings. The maximum absolute atomic E-state index is 11.5. The van der Waals surface area contributed by atoms with Crippen LogP contribution < -0.4 is 10.6 Å². The highest BCUT2D eigenvalue weighted by Gasteiger charge is 2.36. The lowest BCUT2D eigenvalue weighted by Crippen LogP contribution is -2.44. The molecule has 3 rings (SSSR count). The van der Waals surface area contributed by atoms with Gasteiger partial charge in [0.2, 0.25) is 0 Å². The molecule has 4 heteroatoms. The zero-order valence-corrected chi connectivity index (χ0v) is 10.4. The van der Waals surface area contributed by atoms with Crippen molar-refractivity contribution >= 4 is 12.0 Å². The van der Waals surface area contributed by atoms with Gasteiger partial charge in [0, 0.05) is 18.3 Å². The minimum Gasteiger partial charge on any atom is -0.378 e. The first-order chi connectivity index (χ1) is 8.74. The minimum atomic E-state index is -0.749. The van der Waals surface area contributed by atoms with Gasteiger partial charge in [-0.25, -0.2) is 0 Å². The summed E-state index contributed by atoms with van der Waals surface area (Å²) < 4.78 is 5.38. The van der Waals surface area contributed by atoms with Gasteiger partial charge in [0.15, 0.2) is 11.8 Å². The summed E-state index contributed by atoms with van der Waals surface area (Å²) in [4.78, 5) is 18.3. The van der Waals surface area contributed by atoms with Crippen LogP contribution in [-0.2, 0) is 9.53 Å². The van der Waals surface area contributed by atoms with E-state index in [0.717, 1.165) is 35.6 Å². The number of hydrogen-bond acceptors (Lipinski definition) is 4. The van der Waals surface area contributed by atoms with E-state index in [1.807, 2.05) is 31.2 Å². The Kier molecular flexibility index (Phi) is 2.67. The first kappa shape index (κ1) is 11.4. The lowest BCUT2D eigenvalue weighted by atomic mass is 9.99. The molecule has 0 spiro atoms. The maximum Gasteiger partial charge on any atom is 0.154 e. The van der Waals surface area contributed by atoms with Crippen LogP contribution in [0.4, 0.5) is 0 Å². The molecule has 2 heterocycles. The zero-order valence-electron chi connectivity index (χ0n) is 10.4. The Morgan fingerprint density at radius 3 is 2.78 bits per heavy atom. The first-order valence-electron chi connectivity index (χ1n) is 6.23. The highest BCUT2D eigenvalue weighted by atomic mass is 16.5. The van der Waals surface area contributed by atoms with Crippen LogP contribution in [0.3, 0.4) is 0 Å². The van der Waals surface area contributed by atoms with Gasteiger partial charge in [0.05, 0.1) is 24.3 Å². The Balaban J connectivity index is 2.19. The van der Waals surface area contributed by atoms with Gasteiger partial charge >= 0.3 is 0 Å². The van der Waals surface area contributed by atoms with Crippen LogP contribution in [0.15, 0.2) is 29.3 Å². The fraction of sp³-hybridized carbons (Fsp3) is 0.429. The predicted octanol–water partition coefficient (Wildman–Crippen LogP) is -0.282. The van der Waals surface area contributed by atoms with Gasteiger partial charge in [-0.3, -0.25) is 4.99 Å². The Labute approximate surface area is 106 Å². The summed E-state index contributed by atoms with van der Waals surface area (Å²) >= 11 is 0. The standard InChI is InChI=1S/C14H16N2O2/c1-14(10-17)13(16-6-8-18-9-7-16)11-4-2-3-5-12(11)15-14/h2-5,10H,6-9H2,1H3. The molecular weight excluding hydrogens is 228 g/mol. The number of fused-ring (bicyclic) bond motifs is 1. The number of hydrogen-bond donors (Lipinski definition) is 0. The molecule has 94 valence electrons. The summed E-state index contributed by atoms with van der Waals surface area (Å²) in [6.45, 7) is 4.94. The third-order valence-corrected chi connectivity index (χ3v) is 3.55. The third-order valence-electron chi connectivity index (χ3n) is 3.55. The van der Waals surface area contributed by atoms with Crippen LogP contribution in [-0.4, -0.2) is 43.0 Å². The van der Waals surface area contributed by atoms with Crippen molar-refractivity contribution in [3.05, 3.63) is 34.8 Å². The predicted molar refractivity (Wildman–Crippen MR) is 67.5 cm³/mol. The van der Waals surface area contributed by atoms with Crippen molar-refractivity contribution in [3.8, 4) is 0 Å². The summed E-state index contributed by atoms with van der Waals surface area (Å²) in [6, 6.07) is 7.95. The van der Waals surface area contributed by atoms with Crippen LogP contribution in [0.25, 0.3) is 5.70 Å². The van der Waals surface area contributed by atoms with Gasteiger partial charge in [-0.15, -0.1) is 0 Å². The smallest absolute Gasteiger partial charge is 0.154 e. The fourth-order valence-electron chi connectivity index (χ4n) is 2.71. The molecule has 0 aromatic heterocycles. The number of rotatable bonds is 2. The number of carbonyl (C=O) groups excluding carboxylic acids is 1. The third kappa shape index (κ3) is 1.64. The maximum atomic E-state index is 11.5. The molecule has 4 nitrogen and oxygen atoms in total. The van der Waals surface area contributed by atoms with Crippen LogP contribution in [0, 0.1) is 0 Å². The Bertz CT molecular complexity index is 590. The molecule has 1 saturated heterocycles. The molecule has 1 fully saturated rings. The minimum absolute atomic E-state index is 0.709. The number of para-hydroxylation sites is 1. The second-order valence-corrected chi connectivity index (χ2v) is 4.84. The van der Waals surface area contributed by atoms with Crippen LogP contribution in [0.1, 0.15) is 6.92 Å². The van der Waals surface area contributed by atoms with Crippen LogP contribution in [0.5, 0.6) is 0 Å². The van der Waals surface area contributed by atoms with E-state index in [1.54, 1.807) is 0 Å². The summed E-state index contributed by atoms with van der Waals surface area (Å²) in [7, 11) is 0. The van der Waals surface area contributed by atoms with Crippen molar-refractivity contribution in [2.75, 3.05) is 26.3 Å². The summed E-state index contributed by atoms with van der Waals surface area (Å²) in [5.74, 6) is 0. The molecule has 0 radical (unpaired) electrons. The first-order valence-corrected chi connectivity index (χ1v) is 6.23. The van der Waals surface area contributed by atoms with Crippen LogP contribution >= 0.6 is 0 Å². The van der Waals surface area contributed by atoms with Crippen molar-refractivity contribution in [1.29, 1.82) is 0 Å². The SMILES string of the molecule is CC1(C=O)N=c2ccccc2=C1N1CCOCC1. The topological polar surface area (TPSA) is 41.9 Å². The Morgan fingerprint density at radius 1 is 1.33 bits per heavy atom. The molecule has 0 aliphatic carbocycles. The fourth-order valence-corrected chi connectivity index (χ4v) is 2.71. The lowest BCUT2D eigenvalue weighted by molar-refractivity contribution is -0.110. The van der Waals surface area contributed by atoms with Gasteiger partial charge in [-0.05, 0) is 13.0 Å². The highest BCUT2D eigenvalue weighted by Crippen LogP contribution is 2.25. The average molecular weight is 244 g/mol. The molecule has 1 aromatic carbocycles.